The molecule has 6 nitrogen and oxygen atoms in total. The minimum Gasteiger partial charge on any atom is -0.492 e. The van der Waals surface area contributed by atoms with Gasteiger partial charge >= 0.3 is 0 Å². The third kappa shape index (κ3) is 8.01. The average molecular weight is 345 g/mol. The summed E-state index contributed by atoms with van der Waals surface area (Å²) in [6.45, 7) is 5.86. The number of carbonyl (C=O) groups excluding carboxylic acids is 1. The molecule has 1 aromatic rings. The molecule has 136 valence electrons. The summed E-state index contributed by atoms with van der Waals surface area (Å²) < 4.78 is 11.1. The smallest absolute Gasteiger partial charge is 0.234 e. The standard InChI is InChI=1S/C19H27N3O3/c20-9-8-19(23)21-10-2-1-3-17-4-6-18(7-5-17)25-16-13-22-11-14-24-15-12-22/h4-7H,1-3,8,10-16H2,(H,21,23). The molecule has 1 aromatic carbocycles. The highest BCUT2D eigenvalue weighted by Gasteiger charge is 2.09. The van der Waals surface area contributed by atoms with Gasteiger partial charge in [-0.1, -0.05) is 12.1 Å². The highest BCUT2D eigenvalue weighted by atomic mass is 16.5. The first kappa shape index (κ1) is 19.2. The van der Waals surface area contributed by atoms with E-state index in [9.17, 15) is 4.79 Å². The predicted octanol–water partition coefficient (Wildman–Crippen LogP) is 1.75. The van der Waals surface area contributed by atoms with Crippen LogP contribution in [-0.4, -0.2) is 56.8 Å². The van der Waals surface area contributed by atoms with Gasteiger partial charge in [0.25, 0.3) is 0 Å². The molecule has 1 heterocycles. The number of benzene rings is 1. The molecule has 1 saturated heterocycles. The molecule has 0 bridgehead atoms. The second kappa shape index (κ2) is 11.5. The first-order valence-electron chi connectivity index (χ1n) is 8.93. The summed E-state index contributed by atoms with van der Waals surface area (Å²) in [5.74, 6) is 0.710. The van der Waals surface area contributed by atoms with Crippen molar-refractivity contribution in [3.8, 4) is 11.8 Å². The van der Waals surface area contributed by atoms with E-state index >= 15 is 0 Å². The van der Waals surface area contributed by atoms with Crippen LogP contribution in [-0.2, 0) is 16.0 Å². The Morgan fingerprint density at radius 2 is 2.00 bits per heavy atom. The summed E-state index contributed by atoms with van der Waals surface area (Å²) in [6, 6.07) is 10.1. The highest BCUT2D eigenvalue weighted by molar-refractivity contribution is 5.77. The molecule has 1 fully saturated rings. The minimum atomic E-state index is -0.193. The Balaban J connectivity index is 1.56. The Kier molecular flexibility index (Phi) is 8.81. The first-order valence-corrected chi connectivity index (χ1v) is 8.93. The molecular formula is C19H27N3O3. The van der Waals surface area contributed by atoms with E-state index in [1.54, 1.807) is 0 Å². The zero-order valence-corrected chi connectivity index (χ0v) is 14.7. The Hall–Kier alpha value is -2.10. The van der Waals surface area contributed by atoms with Crippen LogP contribution in [0, 0.1) is 11.3 Å². The van der Waals surface area contributed by atoms with Gasteiger partial charge in [0.2, 0.25) is 5.91 Å². The van der Waals surface area contributed by atoms with Crippen molar-refractivity contribution in [3.05, 3.63) is 29.8 Å². The van der Waals surface area contributed by atoms with E-state index in [1.165, 1.54) is 5.56 Å². The maximum Gasteiger partial charge on any atom is 0.234 e. The molecule has 0 aliphatic carbocycles. The van der Waals surface area contributed by atoms with Crippen LogP contribution < -0.4 is 10.1 Å². The molecule has 2 rings (SSSR count). The summed E-state index contributed by atoms with van der Waals surface area (Å²) in [5.41, 5.74) is 1.27. The van der Waals surface area contributed by atoms with E-state index in [-0.39, 0.29) is 12.3 Å². The Bertz CT molecular complexity index is 548. The monoisotopic (exact) mass is 345 g/mol. The number of nitrogens with zero attached hydrogens (tertiary/aromatic N) is 2. The maximum absolute atomic E-state index is 11.1. The fourth-order valence-electron chi connectivity index (χ4n) is 2.69. The van der Waals surface area contributed by atoms with Crippen LogP contribution in [0.2, 0.25) is 0 Å². The normalized spacial score (nSPS) is 14.7. The lowest BCUT2D eigenvalue weighted by Gasteiger charge is -2.26. The zero-order valence-electron chi connectivity index (χ0n) is 14.7. The Morgan fingerprint density at radius 3 is 2.72 bits per heavy atom. The second-order valence-corrected chi connectivity index (χ2v) is 6.09. The van der Waals surface area contributed by atoms with Gasteiger partial charge in [0.15, 0.2) is 0 Å². The van der Waals surface area contributed by atoms with Gasteiger partial charge in [0.1, 0.15) is 18.8 Å². The van der Waals surface area contributed by atoms with Crippen LogP contribution in [0.15, 0.2) is 24.3 Å². The van der Waals surface area contributed by atoms with Gasteiger partial charge in [-0.15, -0.1) is 0 Å². The van der Waals surface area contributed by atoms with Crippen LogP contribution >= 0.6 is 0 Å². The minimum absolute atomic E-state index is 0.0625. The Morgan fingerprint density at radius 1 is 1.24 bits per heavy atom. The quantitative estimate of drug-likeness (QED) is 0.654. The van der Waals surface area contributed by atoms with Crippen molar-refractivity contribution in [2.45, 2.75) is 25.7 Å². The molecule has 1 N–H and O–H groups in total. The van der Waals surface area contributed by atoms with Crippen LogP contribution in [0.25, 0.3) is 0 Å². The number of aryl methyl sites for hydroxylation is 1. The molecule has 0 saturated carbocycles. The number of morpholine rings is 1. The SMILES string of the molecule is N#CCC(=O)NCCCCc1ccc(OCCN2CCOCC2)cc1. The third-order valence-electron chi connectivity index (χ3n) is 4.16. The lowest BCUT2D eigenvalue weighted by atomic mass is 10.1. The number of unbranched alkanes of at least 4 members (excludes halogenated alkanes) is 1. The van der Waals surface area contributed by atoms with E-state index in [1.807, 2.05) is 18.2 Å². The molecule has 6 heteroatoms. The van der Waals surface area contributed by atoms with Gasteiger partial charge in [-0.05, 0) is 37.0 Å². The number of amides is 1. The molecule has 1 aliphatic heterocycles. The third-order valence-corrected chi connectivity index (χ3v) is 4.16. The van der Waals surface area contributed by atoms with Gasteiger partial charge < -0.3 is 14.8 Å². The van der Waals surface area contributed by atoms with Crippen molar-refractivity contribution < 1.29 is 14.3 Å². The van der Waals surface area contributed by atoms with Gasteiger partial charge in [-0.25, -0.2) is 0 Å². The number of nitrogens with one attached hydrogen (secondary N) is 1. The number of hydrogen-bond donors (Lipinski definition) is 1. The van der Waals surface area contributed by atoms with E-state index in [4.69, 9.17) is 14.7 Å². The van der Waals surface area contributed by atoms with Crippen LogP contribution in [0.1, 0.15) is 24.8 Å². The van der Waals surface area contributed by atoms with Crippen molar-refractivity contribution >= 4 is 5.91 Å². The molecule has 1 amide bonds. The van der Waals surface area contributed by atoms with Gasteiger partial charge in [-0.3, -0.25) is 9.69 Å². The number of carbonyl (C=O) groups is 1. The molecule has 1 aliphatic rings. The highest BCUT2D eigenvalue weighted by Crippen LogP contribution is 2.14. The van der Waals surface area contributed by atoms with Gasteiger partial charge in [0, 0.05) is 26.2 Å². The lowest BCUT2D eigenvalue weighted by Crippen LogP contribution is -2.38. The molecule has 25 heavy (non-hydrogen) atoms. The van der Waals surface area contributed by atoms with Crippen molar-refractivity contribution in [2.24, 2.45) is 0 Å². The molecule has 0 unspecified atom stereocenters. The fourth-order valence-corrected chi connectivity index (χ4v) is 2.69. The zero-order chi connectivity index (χ0) is 17.7. The first-order chi connectivity index (χ1) is 12.3. The van der Waals surface area contributed by atoms with E-state index < -0.39 is 0 Å². The fraction of sp³-hybridized carbons (Fsp3) is 0.579. The summed E-state index contributed by atoms with van der Waals surface area (Å²) in [7, 11) is 0. The van der Waals surface area contributed by atoms with Gasteiger partial charge in [0.05, 0.1) is 19.3 Å². The van der Waals surface area contributed by atoms with Crippen molar-refractivity contribution in [1.29, 1.82) is 5.26 Å². The second-order valence-electron chi connectivity index (χ2n) is 6.09. The molecular weight excluding hydrogens is 318 g/mol. The van der Waals surface area contributed by atoms with Crippen LogP contribution in [0.3, 0.4) is 0 Å². The van der Waals surface area contributed by atoms with Crippen molar-refractivity contribution in [3.63, 3.8) is 0 Å². The predicted molar refractivity (Wildman–Crippen MR) is 95.4 cm³/mol. The average Bonchev–Trinajstić information content (AvgIpc) is 2.64. The van der Waals surface area contributed by atoms with Crippen LogP contribution in [0.5, 0.6) is 5.75 Å². The summed E-state index contributed by atoms with van der Waals surface area (Å²) in [4.78, 5) is 13.5. The maximum atomic E-state index is 11.1. The lowest BCUT2D eigenvalue weighted by molar-refractivity contribution is -0.120. The van der Waals surface area contributed by atoms with Crippen LogP contribution in [0.4, 0.5) is 0 Å². The molecule has 0 atom stereocenters. The number of hydrogen-bond acceptors (Lipinski definition) is 5. The molecule has 0 radical (unpaired) electrons. The number of rotatable bonds is 10. The summed E-state index contributed by atoms with van der Waals surface area (Å²) in [5, 5.41) is 11.1. The largest absolute Gasteiger partial charge is 0.492 e. The van der Waals surface area contributed by atoms with Crippen molar-refractivity contribution in [1.82, 2.24) is 10.2 Å². The number of ether oxygens (including phenoxy) is 2. The topological polar surface area (TPSA) is 74.6 Å². The van der Waals surface area contributed by atoms with E-state index in [2.05, 4.69) is 22.3 Å². The molecule has 0 spiro atoms. The Labute approximate surface area is 149 Å². The molecule has 0 aromatic heterocycles. The van der Waals surface area contributed by atoms with Crippen molar-refractivity contribution in [2.75, 3.05) is 46.0 Å². The summed E-state index contributed by atoms with van der Waals surface area (Å²) >= 11 is 0. The number of nitriles is 1. The van der Waals surface area contributed by atoms with E-state index in [0.717, 1.165) is 57.9 Å². The van der Waals surface area contributed by atoms with Gasteiger partial charge in [-0.2, -0.15) is 5.26 Å². The van der Waals surface area contributed by atoms with E-state index in [0.29, 0.717) is 13.2 Å². The summed E-state index contributed by atoms with van der Waals surface area (Å²) in [6.07, 6.45) is 2.83.